The van der Waals surface area contributed by atoms with Crippen LogP contribution in [-0.4, -0.2) is 17.8 Å². The number of aliphatic hydroxyl groups excluding tert-OH is 1. The lowest BCUT2D eigenvalue weighted by molar-refractivity contribution is -0.0223. The molecule has 70 valence electrons. The van der Waals surface area contributed by atoms with Gasteiger partial charge < -0.3 is 9.84 Å². The molecule has 0 fully saturated rings. The number of benzene rings is 1. The lowest BCUT2D eigenvalue weighted by Crippen LogP contribution is -2.17. The Balaban J connectivity index is 2.22. The molecular formula is C11H14O2. The second kappa shape index (κ2) is 3.48. The largest absolute Gasteiger partial charge is 0.386 e. The van der Waals surface area contributed by atoms with Crippen molar-refractivity contribution in [1.29, 1.82) is 0 Å². The van der Waals surface area contributed by atoms with E-state index in [0.717, 1.165) is 12.0 Å². The fourth-order valence-corrected chi connectivity index (χ4v) is 1.90. The monoisotopic (exact) mass is 178 g/mol. The van der Waals surface area contributed by atoms with Crippen molar-refractivity contribution in [3.05, 3.63) is 35.4 Å². The lowest BCUT2D eigenvalue weighted by atomic mass is 10.1. The van der Waals surface area contributed by atoms with Gasteiger partial charge in [-0.05, 0) is 18.1 Å². The summed E-state index contributed by atoms with van der Waals surface area (Å²) in [6, 6.07) is 7.98. The molecule has 1 N–H and O–H groups in total. The summed E-state index contributed by atoms with van der Waals surface area (Å²) in [5.74, 6) is 0. The SMILES string of the molecule is CCOC1Cc2ccccc2C1O. The number of hydrogen-bond acceptors (Lipinski definition) is 2. The molecule has 2 nitrogen and oxygen atoms in total. The topological polar surface area (TPSA) is 29.5 Å². The minimum Gasteiger partial charge on any atom is -0.386 e. The quantitative estimate of drug-likeness (QED) is 0.746. The molecule has 0 aliphatic heterocycles. The molecule has 13 heavy (non-hydrogen) atoms. The Bertz CT molecular complexity index is 296. The number of fused-ring (bicyclic) bond motifs is 1. The second-order valence-corrected chi connectivity index (χ2v) is 3.34. The van der Waals surface area contributed by atoms with E-state index in [-0.39, 0.29) is 6.10 Å². The van der Waals surface area contributed by atoms with Gasteiger partial charge >= 0.3 is 0 Å². The predicted octanol–water partition coefficient (Wildman–Crippen LogP) is 1.68. The van der Waals surface area contributed by atoms with Crippen LogP contribution in [0.4, 0.5) is 0 Å². The van der Waals surface area contributed by atoms with Gasteiger partial charge in [0.1, 0.15) is 6.10 Å². The second-order valence-electron chi connectivity index (χ2n) is 3.34. The smallest absolute Gasteiger partial charge is 0.106 e. The summed E-state index contributed by atoms with van der Waals surface area (Å²) in [6.07, 6.45) is 0.365. The molecule has 0 spiro atoms. The Kier molecular flexibility index (Phi) is 2.34. The molecule has 0 aromatic heterocycles. The van der Waals surface area contributed by atoms with Gasteiger partial charge in [-0.2, -0.15) is 0 Å². The zero-order valence-corrected chi connectivity index (χ0v) is 7.73. The van der Waals surface area contributed by atoms with Crippen LogP contribution in [0.2, 0.25) is 0 Å². The third kappa shape index (κ3) is 1.47. The van der Waals surface area contributed by atoms with Crippen LogP contribution in [0, 0.1) is 0 Å². The fourth-order valence-electron chi connectivity index (χ4n) is 1.90. The zero-order chi connectivity index (χ0) is 9.26. The summed E-state index contributed by atoms with van der Waals surface area (Å²) >= 11 is 0. The highest BCUT2D eigenvalue weighted by molar-refractivity contribution is 5.35. The number of ether oxygens (including phenoxy) is 1. The van der Waals surface area contributed by atoms with Crippen molar-refractivity contribution in [2.24, 2.45) is 0 Å². The molecule has 0 saturated carbocycles. The van der Waals surface area contributed by atoms with E-state index in [1.165, 1.54) is 5.56 Å². The van der Waals surface area contributed by atoms with E-state index >= 15 is 0 Å². The first-order valence-corrected chi connectivity index (χ1v) is 4.70. The lowest BCUT2D eigenvalue weighted by Gasteiger charge is -2.14. The average molecular weight is 178 g/mol. The molecule has 2 unspecified atom stereocenters. The number of hydrogen-bond donors (Lipinski definition) is 1. The van der Waals surface area contributed by atoms with Gasteiger partial charge in [0, 0.05) is 13.0 Å². The van der Waals surface area contributed by atoms with Crippen molar-refractivity contribution >= 4 is 0 Å². The van der Waals surface area contributed by atoms with E-state index in [1.807, 2.05) is 25.1 Å². The van der Waals surface area contributed by atoms with Crippen LogP contribution in [0.25, 0.3) is 0 Å². The molecule has 0 bridgehead atoms. The normalized spacial score (nSPS) is 26.0. The van der Waals surface area contributed by atoms with Gasteiger partial charge in [0.05, 0.1) is 6.10 Å². The van der Waals surface area contributed by atoms with Crippen LogP contribution in [0.1, 0.15) is 24.2 Å². The van der Waals surface area contributed by atoms with Crippen LogP contribution in [-0.2, 0) is 11.2 Å². The zero-order valence-electron chi connectivity index (χ0n) is 7.73. The van der Waals surface area contributed by atoms with Crippen molar-refractivity contribution in [2.75, 3.05) is 6.61 Å². The Morgan fingerprint density at radius 2 is 2.23 bits per heavy atom. The van der Waals surface area contributed by atoms with Gasteiger partial charge in [0.2, 0.25) is 0 Å². The summed E-state index contributed by atoms with van der Waals surface area (Å²) in [5.41, 5.74) is 2.24. The van der Waals surface area contributed by atoms with Crippen molar-refractivity contribution in [3.8, 4) is 0 Å². The molecule has 1 aliphatic rings. The predicted molar refractivity (Wildman–Crippen MR) is 50.5 cm³/mol. The Labute approximate surface area is 78.2 Å². The third-order valence-electron chi connectivity index (χ3n) is 2.53. The van der Waals surface area contributed by atoms with E-state index in [9.17, 15) is 5.11 Å². The molecular weight excluding hydrogens is 164 g/mol. The van der Waals surface area contributed by atoms with Crippen LogP contribution < -0.4 is 0 Å². The Morgan fingerprint density at radius 3 is 2.92 bits per heavy atom. The summed E-state index contributed by atoms with van der Waals surface area (Å²) in [7, 11) is 0. The molecule has 0 heterocycles. The van der Waals surface area contributed by atoms with Gasteiger partial charge in [-0.15, -0.1) is 0 Å². The molecule has 0 saturated heterocycles. The highest BCUT2D eigenvalue weighted by Crippen LogP contribution is 2.32. The maximum Gasteiger partial charge on any atom is 0.106 e. The van der Waals surface area contributed by atoms with Crippen LogP contribution in [0.15, 0.2) is 24.3 Å². The molecule has 0 radical (unpaired) electrons. The molecule has 1 aliphatic carbocycles. The van der Waals surface area contributed by atoms with Gasteiger partial charge in [-0.1, -0.05) is 24.3 Å². The summed E-state index contributed by atoms with van der Waals surface area (Å²) in [4.78, 5) is 0. The first-order valence-electron chi connectivity index (χ1n) is 4.70. The summed E-state index contributed by atoms with van der Waals surface area (Å²) in [6.45, 7) is 2.62. The Hall–Kier alpha value is -0.860. The van der Waals surface area contributed by atoms with E-state index in [4.69, 9.17) is 4.74 Å². The van der Waals surface area contributed by atoms with Crippen molar-refractivity contribution in [2.45, 2.75) is 25.6 Å². The summed E-state index contributed by atoms with van der Waals surface area (Å²) in [5, 5.41) is 9.85. The molecule has 2 atom stereocenters. The highest BCUT2D eigenvalue weighted by atomic mass is 16.5. The van der Waals surface area contributed by atoms with Crippen LogP contribution >= 0.6 is 0 Å². The minimum absolute atomic E-state index is 0.0394. The maximum absolute atomic E-state index is 9.85. The van der Waals surface area contributed by atoms with Gasteiger partial charge in [-0.3, -0.25) is 0 Å². The van der Waals surface area contributed by atoms with E-state index in [0.29, 0.717) is 6.61 Å². The van der Waals surface area contributed by atoms with E-state index < -0.39 is 6.10 Å². The standard InChI is InChI=1S/C11H14O2/c1-2-13-10-7-8-5-3-4-6-9(8)11(10)12/h3-6,10-12H,2,7H2,1H3. The fraction of sp³-hybridized carbons (Fsp3) is 0.455. The highest BCUT2D eigenvalue weighted by Gasteiger charge is 2.30. The third-order valence-corrected chi connectivity index (χ3v) is 2.53. The van der Waals surface area contributed by atoms with Gasteiger partial charge in [0.25, 0.3) is 0 Å². The number of aliphatic hydroxyl groups is 1. The van der Waals surface area contributed by atoms with Gasteiger partial charge in [0.15, 0.2) is 0 Å². The van der Waals surface area contributed by atoms with Gasteiger partial charge in [-0.25, -0.2) is 0 Å². The maximum atomic E-state index is 9.85. The van der Waals surface area contributed by atoms with Crippen molar-refractivity contribution in [1.82, 2.24) is 0 Å². The molecule has 2 heteroatoms. The Morgan fingerprint density at radius 1 is 1.46 bits per heavy atom. The van der Waals surface area contributed by atoms with Crippen LogP contribution in [0.3, 0.4) is 0 Å². The van der Waals surface area contributed by atoms with E-state index in [1.54, 1.807) is 0 Å². The van der Waals surface area contributed by atoms with E-state index in [2.05, 4.69) is 6.07 Å². The average Bonchev–Trinajstić information content (AvgIpc) is 2.46. The number of rotatable bonds is 2. The minimum atomic E-state index is -0.434. The molecule has 2 rings (SSSR count). The molecule has 0 amide bonds. The molecule has 1 aromatic carbocycles. The first-order chi connectivity index (χ1) is 6.33. The molecule has 1 aromatic rings. The van der Waals surface area contributed by atoms with Crippen molar-refractivity contribution in [3.63, 3.8) is 0 Å². The first kappa shape index (κ1) is 8.73. The van der Waals surface area contributed by atoms with Crippen LogP contribution in [0.5, 0.6) is 0 Å². The summed E-state index contributed by atoms with van der Waals surface area (Å²) < 4.78 is 5.45. The van der Waals surface area contributed by atoms with Crippen molar-refractivity contribution < 1.29 is 9.84 Å².